The molecule has 1 aromatic carbocycles. The van der Waals surface area contributed by atoms with E-state index in [0.717, 1.165) is 31.5 Å². The van der Waals surface area contributed by atoms with E-state index in [1.54, 1.807) is 0 Å². The van der Waals surface area contributed by atoms with Gasteiger partial charge in [0.25, 0.3) is 0 Å². The summed E-state index contributed by atoms with van der Waals surface area (Å²) in [6, 6.07) is 10.4. The molecule has 1 heterocycles. The first kappa shape index (κ1) is 16.0. The maximum atomic E-state index is 12.8. The number of nitrogens with one attached hydrogen (secondary N) is 2. The molecule has 1 aliphatic heterocycles. The predicted molar refractivity (Wildman–Crippen MR) is 87.2 cm³/mol. The van der Waals surface area contributed by atoms with Gasteiger partial charge in [-0.15, -0.1) is 0 Å². The molecule has 0 aliphatic carbocycles. The zero-order valence-electron chi connectivity index (χ0n) is 13.4. The largest absolute Gasteiger partial charge is 0.352 e. The minimum Gasteiger partial charge on any atom is -0.352 e. The first-order valence-electron chi connectivity index (χ1n) is 8.17. The monoisotopic (exact) mass is 288 g/mol. The van der Waals surface area contributed by atoms with Crippen LogP contribution in [0.15, 0.2) is 30.3 Å². The van der Waals surface area contributed by atoms with E-state index in [4.69, 9.17) is 0 Å². The molecule has 116 valence electrons. The smallest absolute Gasteiger partial charge is 0.228 e. The van der Waals surface area contributed by atoms with Crippen LogP contribution in [0.4, 0.5) is 0 Å². The fourth-order valence-electron chi connectivity index (χ4n) is 3.19. The molecule has 4 unspecified atom stereocenters. The van der Waals surface area contributed by atoms with Crippen LogP contribution in [0.5, 0.6) is 0 Å². The number of hydrogen-bond acceptors (Lipinski definition) is 2. The Morgan fingerprint density at radius 2 is 2.05 bits per heavy atom. The lowest BCUT2D eigenvalue weighted by Gasteiger charge is -2.31. The summed E-state index contributed by atoms with van der Waals surface area (Å²) in [4.78, 5) is 12.8. The van der Waals surface area contributed by atoms with E-state index >= 15 is 0 Å². The van der Waals surface area contributed by atoms with Crippen molar-refractivity contribution >= 4 is 5.91 Å². The zero-order chi connectivity index (χ0) is 15.2. The Hall–Kier alpha value is -1.35. The Balaban J connectivity index is 2.08. The van der Waals surface area contributed by atoms with Gasteiger partial charge in [-0.1, -0.05) is 57.5 Å². The van der Waals surface area contributed by atoms with Gasteiger partial charge in [0.05, 0.1) is 5.92 Å². The minimum atomic E-state index is -0.0477. The van der Waals surface area contributed by atoms with Crippen LogP contribution in [0.25, 0.3) is 0 Å². The van der Waals surface area contributed by atoms with Crippen molar-refractivity contribution in [2.75, 3.05) is 13.1 Å². The standard InChI is InChI=1S/C18H28N2O/c1-4-14(3)17(15-8-6-5-7-9-15)18(21)20-16-10-13(2)11-19-12-16/h5-9,13-14,16-17,19H,4,10-12H2,1-3H3,(H,20,21). The predicted octanol–water partition coefficient (Wildman–Crippen LogP) is 2.93. The third-order valence-corrected chi connectivity index (χ3v) is 4.57. The van der Waals surface area contributed by atoms with Crippen molar-refractivity contribution in [3.8, 4) is 0 Å². The van der Waals surface area contributed by atoms with Crippen molar-refractivity contribution in [3.05, 3.63) is 35.9 Å². The first-order valence-corrected chi connectivity index (χ1v) is 8.17. The molecular formula is C18H28N2O. The second kappa shape index (κ2) is 7.60. The quantitative estimate of drug-likeness (QED) is 0.874. The fraction of sp³-hybridized carbons (Fsp3) is 0.611. The van der Waals surface area contributed by atoms with Gasteiger partial charge in [0, 0.05) is 12.6 Å². The van der Waals surface area contributed by atoms with E-state index in [2.05, 4.69) is 43.5 Å². The maximum absolute atomic E-state index is 12.8. The van der Waals surface area contributed by atoms with E-state index in [1.807, 2.05) is 18.2 Å². The van der Waals surface area contributed by atoms with Gasteiger partial charge in [-0.2, -0.15) is 0 Å². The SMILES string of the molecule is CCC(C)C(C(=O)NC1CNCC(C)C1)c1ccccc1. The molecule has 0 saturated carbocycles. The van der Waals surface area contributed by atoms with E-state index < -0.39 is 0 Å². The van der Waals surface area contributed by atoms with Crippen LogP contribution in [0, 0.1) is 11.8 Å². The number of carbonyl (C=O) groups is 1. The normalized spacial score (nSPS) is 25.1. The molecule has 4 atom stereocenters. The molecule has 1 aromatic rings. The third kappa shape index (κ3) is 4.31. The van der Waals surface area contributed by atoms with Crippen LogP contribution in [0.3, 0.4) is 0 Å². The summed E-state index contributed by atoms with van der Waals surface area (Å²) in [5.74, 6) is 1.11. The van der Waals surface area contributed by atoms with Crippen molar-refractivity contribution in [2.45, 2.75) is 45.6 Å². The van der Waals surface area contributed by atoms with Gasteiger partial charge < -0.3 is 10.6 Å². The van der Waals surface area contributed by atoms with Crippen molar-refractivity contribution < 1.29 is 4.79 Å². The van der Waals surface area contributed by atoms with Crippen molar-refractivity contribution in [3.63, 3.8) is 0 Å². The second-order valence-electron chi connectivity index (χ2n) is 6.48. The van der Waals surface area contributed by atoms with Gasteiger partial charge in [0.2, 0.25) is 5.91 Å². The highest BCUT2D eigenvalue weighted by molar-refractivity contribution is 5.84. The molecule has 2 rings (SSSR count). The molecule has 0 bridgehead atoms. The highest BCUT2D eigenvalue weighted by Gasteiger charge is 2.28. The van der Waals surface area contributed by atoms with Crippen molar-refractivity contribution in [1.29, 1.82) is 0 Å². The average Bonchev–Trinajstić information content (AvgIpc) is 2.48. The molecule has 0 spiro atoms. The van der Waals surface area contributed by atoms with Crippen LogP contribution >= 0.6 is 0 Å². The average molecular weight is 288 g/mol. The number of rotatable bonds is 5. The summed E-state index contributed by atoms with van der Waals surface area (Å²) in [5.41, 5.74) is 1.13. The maximum Gasteiger partial charge on any atom is 0.228 e. The first-order chi connectivity index (χ1) is 10.1. The van der Waals surface area contributed by atoms with Gasteiger partial charge in [-0.05, 0) is 30.4 Å². The van der Waals surface area contributed by atoms with Crippen LogP contribution in [-0.2, 0) is 4.79 Å². The molecular weight excluding hydrogens is 260 g/mol. The minimum absolute atomic E-state index is 0.0477. The van der Waals surface area contributed by atoms with E-state index in [9.17, 15) is 4.79 Å². The summed E-state index contributed by atoms with van der Waals surface area (Å²) in [5, 5.41) is 6.66. The molecule has 2 N–H and O–H groups in total. The van der Waals surface area contributed by atoms with E-state index in [1.165, 1.54) is 0 Å². The lowest BCUT2D eigenvalue weighted by molar-refractivity contribution is -0.124. The van der Waals surface area contributed by atoms with Gasteiger partial charge in [0.1, 0.15) is 0 Å². The highest BCUT2D eigenvalue weighted by atomic mass is 16.2. The third-order valence-electron chi connectivity index (χ3n) is 4.57. The van der Waals surface area contributed by atoms with E-state index in [0.29, 0.717) is 11.8 Å². The molecule has 1 aliphatic rings. The second-order valence-corrected chi connectivity index (χ2v) is 6.48. The molecule has 1 amide bonds. The topological polar surface area (TPSA) is 41.1 Å². The number of piperidine rings is 1. The Morgan fingerprint density at radius 3 is 2.67 bits per heavy atom. The summed E-state index contributed by atoms with van der Waals surface area (Å²) in [7, 11) is 0. The fourth-order valence-corrected chi connectivity index (χ4v) is 3.19. The van der Waals surface area contributed by atoms with Gasteiger partial charge in [-0.25, -0.2) is 0 Å². The number of carbonyl (C=O) groups excluding carboxylic acids is 1. The molecule has 0 aromatic heterocycles. The molecule has 3 heteroatoms. The van der Waals surface area contributed by atoms with Crippen LogP contribution in [0.1, 0.15) is 45.1 Å². The highest BCUT2D eigenvalue weighted by Crippen LogP contribution is 2.27. The van der Waals surface area contributed by atoms with Gasteiger partial charge >= 0.3 is 0 Å². The molecule has 1 fully saturated rings. The van der Waals surface area contributed by atoms with Gasteiger partial charge in [-0.3, -0.25) is 4.79 Å². The van der Waals surface area contributed by atoms with Crippen LogP contribution in [-0.4, -0.2) is 25.0 Å². The Bertz CT molecular complexity index is 446. The molecule has 1 saturated heterocycles. The van der Waals surface area contributed by atoms with Crippen molar-refractivity contribution in [1.82, 2.24) is 10.6 Å². The van der Waals surface area contributed by atoms with Crippen LogP contribution < -0.4 is 10.6 Å². The lowest BCUT2D eigenvalue weighted by Crippen LogP contribution is -2.50. The molecule has 0 radical (unpaired) electrons. The number of hydrogen-bond donors (Lipinski definition) is 2. The summed E-state index contributed by atoms with van der Waals surface area (Å²) in [6.45, 7) is 8.49. The molecule has 21 heavy (non-hydrogen) atoms. The Labute approximate surface area is 128 Å². The van der Waals surface area contributed by atoms with Crippen LogP contribution in [0.2, 0.25) is 0 Å². The van der Waals surface area contributed by atoms with E-state index in [-0.39, 0.29) is 17.9 Å². The lowest BCUT2D eigenvalue weighted by atomic mass is 9.84. The summed E-state index contributed by atoms with van der Waals surface area (Å²) >= 11 is 0. The molecule has 3 nitrogen and oxygen atoms in total. The zero-order valence-corrected chi connectivity index (χ0v) is 13.4. The number of amides is 1. The van der Waals surface area contributed by atoms with Crippen molar-refractivity contribution in [2.24, 2.45) is 11.8 Å². The summed E-state index contributed by atoms with van der Waals surface area (Å²) < 4.78 is 0. The number of benzene rings is 1. The van der Waals surface area contributed by atoms with Gasteiger partial charge in [0.15, 0.2) is 0 Å². The Morgan fingerprint density at radius 1 is 1.33 bits per heavy atom. The summed E-state index contributed by atoms with van der Waals surface area (Å²) in [6.07, 6.45) is 2.08. The Kier molecular flexibility index (Phi) is 5.80.